The molecule has 0 bridgehead atoms. The Hall–Kier alpha value is -1.42. The standard InChI is InChI=1S/C14H14BrFN2/c1-9-7-12(15)13(16)8-14(9)18-10(2)11-3-5-17-6-4-11/h3-8,10,18H,1-2H3. The SMILES string of the molecule is Cc1cc(Br)c(F)cc1NC(C)c1ccncc1. The van der Waals surface area contributed by atoms with Crippen LogP contribution in [0.3, 0.4) is 0 Å². The zero-order chi connectivity index (χ0) is 13.1. The summed E-state index contributed by atoms with van der Waals surface area (Å²) in [5, 5.41) is 3.31. The third-order valence-corrected chi connectivity index (χ3v) is 3.45. The summed E-state index contributed by atoms with van der Waals surface area (Å²) in [6.07, 6.45) is 3.51. The van der Waals surface area contributed by atoms with E-state index in [-0.39, 0.29) is 11.9 Å². The second kappa shape index (κ2) is 5.48. The summed E-state index contributed by atoms with van der Waals surface area (Å²) in [4.78, 5) is 3.98. The van der Waals surface area contributed by atoms with E-state index in [4.69, 9.17) is 0 Å². The fraction of sp³-hybridized carbons (Fsp3) is 0.214. The van der Waals surface area contributed by atoms with Gasteiger partial charge in [0, 0.05) is 24.1 Å². The van der Waals surface area contributed by atoms with Gasteiger partial charge in [0.15, 0.2) is 0 Å². The maximum atomic E-state index is 13.5. The fourth-order valence-corrected chi connectivity index (χ4v) is 2.23. The van der Waals surface area contributed by atoms with E-state index >= 15 is 0 Å². The Bertz CT molecular complexity index is 543. The van der Waals surface area contributed by atoms with Crippen molar-refractivity contribution in [3.05, 3.63) is 58.1 Å². The molecule has 18 heavy (non-hydrogen) atoms. The lowest BCUT2D eigenvalue weighted by Crippen LogP contribution is -2.08. The number of nitrogens with zero attached hydrogens (tertiary/aromatic N) is 1. The molecular formula is C14H14BrFN2. The number of aryl methyl sites for hydroxylation is 1. The Morgan fingerprint density at radius 3 is 2.61 bits per heavy atom. The van der Waals surface area contributed by atoms with E-state index in [1.807, 2.05) is 26.0 Å². The van der Waals surface area contributed by atoms with Gasteiger partial charge < -0.3 is 5.32 Å². The van der Waals surface area contributed by atoms with E-state index < -0.39 is 0 Å². The number of pyridine rings is 1. The van der Waals surface area contributed by atoms with Crippen molar-refractivity contribution in [3.63, 3.8) is 0 Å². The minimum Gasteiger partial charge on any atom is -0.378 e. The topological polar surface area (TPSA) is 24.9 Å². The van der Waals surface area contributed by atoms with Crippen LogP contribution in [-0.2, 0) is 0 Å². The van der Waals surface area contributed by atoms with Gasteiger partial charge in [0.2, 0.25) is 0 Å². The van der Waals surface area contributed by atoms with Crippen LogP contribution in [0, 0.1) is 12.7 Å². The van der Waals surface area contributed by atoms with Crippen molar-refractivity contribution in [1.82, 2.24) is 4.98 Å². The number of rotatable bonds is 3. The summed E-state index contributed by atoms with van der Waals surface area (Å²) in [7, 11) is 0. The van der Waals surface area contributed by atoms with Crippen LogP contribution in [0.15, 0.2) is 41.1 Å². The number of aromatic nitrogens is 1. The molecule has 0 spiro atoms. The van der Waals surface area contributed by atoms with Crippen LogP contribution in [0.25, 0.3) is 0 Å². The number of halogens is 2. The van der Waals surface area contributed by atoms with E-state index in [9.17, 15) is 4.39 Å². The monoisotopic (exact) mass is 308 g/mol. The zero-order valence-corrected chi connectivity index (χ0v) is 11.8. The lowest BCUT2D eigenvalue weighted by Gasteiger charge is -2.17. The lowest BCUT2D eigenvalue weighted by atomic mass is 10.1. The van der Waals surface area contributed by atoms with Gasteiger partial charge >= 0.3 is 0 Å². The van der Waals surface area contributed by atoms with Crippen LogP contribution in [0.1, 0.15) is 24.1 Å². The van der Waals surface area contributed by atoms with Crippen molar-refractivity contribution in [3.8, 4) is 0 Å². The quantitative estimate of drug-likeness (QED) is 0.905. The van der Waals surface area contributed by atoms with E-state index in [2.05, 4.69) is 26.2 Å². The Kier molecular flexibility index (Phi) is 3.97. The second-order valence-corrected chi connectivity index (χ2v) is 5.08. The normalized spacial score (nSPS) is 12.2. The predicted octanol–water partition coefficient (Wildman–Crippen LogP) is 4.46. The molecule has 1 aromatic heterocycles. The molecule has 1 heterocycles. The third-order valence-electron chi connectivity index (χ3n) is 2.85. The van der Waals surface area contributed by atoms with Crippen molar-refractivity contribution in [2.75, 3.05) is 5.32 Å². The van der Waals surface area contributed by atoms with Gasteiger partial charge in [-0.25, -0.2) is 4.39 Å². The summed E-state index contributed by atoms with van der Waals surface area (Å²) in [5.74, 6) is -0.259. The smallest absolute Gasteiger partial charge is 0.139 e. The molecule has 0 fully saturated rings. The van der Waals surface area contributed by atoms with Gasteiger partial charge in [-0.2, -0.15) is 0 Å². The average molecular weight is 309 g/mol. The van der Waals surface area contributed by atoms with Gasteiger partial charge in [0.05, 0.1) is 4.47 Å². The summed E-state index contributed by atoms with van der Waals surface area (Å²) < 4.78 is 14.0. The minimum atomic E-state index is -0.259. The molecule has 1 atom stereocenters. The van der Waals surface area contributed by atoms with Gasteiger partial charge in [0.1, 0.15) is 5.82 Å². The first kappa shape index (κ1) is 13.0. The van der Waals surface area contributed by atoms with Crippen molar-refractivity contribution in [1.29, 1.82) is 0 Å². The van der Waals surface area contributed by atoms with Crippen LogP contribution in [0.5, 0.6) is 0 Å². The molecule has 0 amide bonds. The van der Waals surface area contributed by atoms with Crippen LogP contribution in [0.2, 0.25) is 0 Å². The minimum absolute atomic E-state index is 0.104. The first-order chi connectivity index (χ1) is 8.58. The Balaban J connectivity index is 2.22. The molecule has 2 aromatic rings. The van der Waals surface area contributed by atoms with Gasteiger partial charge in [0.25, 0.3) is 0 Å². The summed E-state index contributed by atoms with van der Waals surface area (Å²) >= 11 is 3.18. The Morgan fingerprint density at radius 2 is 1.94 bits per heavy atom. The van der Waals surface area contributed by atoms with Crippen LogP contribution < -0.4 is 5.32 Å². The zero-order valence-electron chi connectivity index (χ0n) is 10.2. The molecule has 0 aliphatic rings. The number of hydrogen-bond acceptors (Lipinski definition) is 2. The number of anilines is 1. The molecule has 4 heteroatoms. The number of hydrogen-bond donors (Lipinski definition) is 1. The molecule has 0 aliphatic carbocycles. The molecule has 1 aromatic carbocycles. The summed E-state index contributed by atoms with van der Waals surface area (Å²) in [6, 6.07) is 7.28. The highest BCUT2D eigenvalue weighted by atomic mass is 79.9. The number of benzene rings is 1. The largest absolute Gasteiger partial charge is 0.378 e. The molecular weight excluding hydrogens is 295 g/mol. The van der Waals surface area contributed by atoms with Crippen molar-refractivity contribution < 1.29 is 4.39 Å². The van der Waals surface area contributed by atoms with Crippen molar-refractivity contribution in [2.45, 2.75) is 19.9 Å². The van der Waals surface area contributed by atoms with Gasteiger partial charge in [-0.05, 0) is 65.2 Å². The van der Waals surface area contributed by atoms with E-state index in [1.54, 1.807) is 18.5 Å². The molecule has 2 nitrogen and oxygen atoms in total. The average Bonchev–Trinajstić information content (AvgIpc) is 2.37. The van der Waals surface area contributed by atoms with Gasteiger partial charge in [-0.1, -0.05) is 0 Å². The Labute approximate surface area is 114 Å². The Morgan fingerprint density at radius 1 is 1.28 bits per heavy atom. The number of nitrogens with one attached hydrogen (secondary N) is 1. The highest BCUT2D eigenvalue weighted by Gasteiger charge is 2.09. The third kappa shape index (κ3) is 2.88. The highest BCUT2D eigenvalue weighted by molar-refractivity contribution is 9.10. The molecule has 0 saturated carbocycles. The van der Waals surface area contributed by atoms with Gasteiger partial charge in [-0.15, -0.1) is 0 Å². The molecule has 1 N–H and O–H groups in total. The first-order valence-electron chi connectivity index (χ1n) is 5.70. The molecule has 2 rings (SSSR count). The maximum absolute atomic E-state index is 13.5. The summed E-state index contributed by atoms with van der Waals surface area (Å²) in [6.45, 7) is 3.99. The molecule has 0 radical (unpaired) electrons. The van der Waals surface area contributed by atoms with E-state index in [0.717, 1.165) is 16.8 Å². The van der Waals surface area contributed by atoms with Crippen LogP contribution in [-0.4, -0.2) is 4.98 Å². The van der Waals surface area contributed by atoms with Crippen LogP contribution >= 0.6 is 15.9 Å². The van der Waals surface area contributed by atoms with Crippen molar-refractivity contribution in [2.24, 2.45) is 0 Å². The van der Waals surface area contributed by atoms with Crippen LogP contribution in [0.4, 0.5) is 10.1 Å². The predicted molar refractivity (Wildman–Crippen MR) is 75.1 cm³/mol. The summed E-state index contributed by atoms with van der Waals surface area (Å²) in [5.41, 5.74) is 2.93. The molecule has 0 aliphatic heterocycles. The van der Waals surface area contributed by atoms with E-state index in [1.165, 1.54) is 6.07 Å². The molecule has 94 valence electrons. The maximum Gasteiger partial charge on any atom is 0.139 e. The molecule has 0 saturated heterocycles. The first-order valence-corrected chi connectivity index (χ1v) is 6.49. The van der Waals surface area contributed by atoms with Gasteiger partial charge in [-0.3, -0.25) is 4.98 Å². The lowest BCUT2D eigenvalue weighted by molar-refractivity contribution is 0.620. The van der Waals surface area contributed by atoms with Crippen molar-refractivity contribution >= 4 is 21.6 Å². The highest BCUT2D eigenvalue weighted by Crippen LogP contribution is 2.27. The fourth-order valence-electron chi connectivity index (χ4n) is 1.77. The molecule has 1 unspecified atom stereocenters. The van der Waals surface area contributed by atoms with E-state index in [0.29, 0.717) is 4.47 Å². The second-order valence-electron chi connectivity index (χ2n) is 4.23.